The molecule has 0 spiro atoms. The van der Waals surface area contributed by atoms with E-state index >= 15 is 0 Å². The van der Waals surface area contributed by atoms with Gasteiger partial charge < -0.3 is 9.47 Å². The van der Waals surface area contributed by atoms with Gasteiger partial charge >= 0.3 is 0 Å². The molecule has 1 aliphatic carbocycles. The third-order valence-corrected chi connectivity index (χ3v) is 2.44. The van der Waals surface area contributed by atoms with Crippen LogP contribution in [-0.2, 0) is 9.47 Å². The summed E-state index contributed by atoms with van der Waals surface area (Å²) in [5.41, 5.74) is 0. The highest BCUT2D eigenvalue weighted by Crippen LogP contribution is 2.24. The maximum absolute atomic E-state index is 5.94. The lowest BCUT2D eigenvalue weighted by molar-refractivity contribution is -0.0537. The summed E-state index contributed by atoms with van der Waals surface area (Å²) in [7, 11) is 1.56. The molecule has 0 saturated heterocycles. The number of hydrogen-bond donors (Lipinski definition) is 0. The zero-order valence-corrected chi connectivity index (χ0v) is 8.18. The van der Waals surface area contributed by atoms with Gasteiger partial charge in [-0.2, -0.15) is 0 Å². The van der Waals surface area contributed by atoms with Gasteiger partial charge in [0.25, 0.3) is 0 Å². The van der Waals surface area contributed by atoms with E-state index in [2.05, 4.69) is 0 Å². The lowest BCUT2D eigenvalue weighted by atomic mass is 10.1. The minimum Gasteiger partial charge on any atom is -0.359 e. The first-order valence-corrected chi connectivity index (χ1v) is 4.35. The van der Waals surface area contributed by atoms with Gasteiger partial charge in [0.05, 0.1) is 5.38 Å². The second-order valence-corrected chi connectivity index (χ2v) is 3.28. The third kappa shape index (κ3) is 2.49. The van der Waals surface area contributed by atoms with E-state index in [4.69, 9.17) is 32.7 Å². The summed E-state index contributed by atoms with van der Waals surface area (Å²) in [4.78, 5) is 0. The average Bonchev–Trinajstić information content (AvgIpc) is 2.08. The molecule has 0 heterocycles. The molecule has 2 atom stereocenters. The molecule has 12 heavy (non-hydrogen) atoms. The van der Waals surface area contributed by atoms with Gasteiger partial charge in [0.15, 0.2) is 0 Å². The van der Waals surface area contributed by atoms with Gasteiger partial charge in [-0.25, -0.2) is 0 Å². The van der Waals surface area contributed by atoms with Crippen molar-refractivity contribution in [2.75, 3.05) is 13.9 Å². The van der Waals surface area contributed by atoms with Gasteiger partial charge in [-0.05, 0) is 6.08 Å². The smallest absolute Gasteiger partial charge is 0.147 e. The molecule has 0 aromatic rings. The van der Waals surface area contributed by atoms with Crippen LogP contribution in [0.1, 0.15) is 0 Å². The van der Waals surface area contributed by atoms with Crippen molar-refractivity contribution >= 4 is 23.2 Å². The van der Waals surface area contributed by atoms with E-state index in [1.807, 2.05) is 12.2 Å². The van der Waals surface area contributed by atoms with Crippen molar-refractivity contribution < 1.29 is 9.47 Å². The molecule has 0 aromatic carbocycles. The van der Waals surface area contributed by atoms with Gasteiger partial charge in [-0.3, -0.25) is 0 Å². The Hall–Kier alpha value is -0.0200. The summed E-state index contributed by atoms with van der Waals surface area (Å²) < 4.78 is 10.00. The fourth-order valence-corrected chi connectivity index (χ4v) is 1.32. The molecule has 2 nitrogen and oxygen atoms in total. The first kappa shape index (κ1) is 10.1. The van der Waals surface area contributed by atoms with Gasteiger partial charge in [0, 0.05) is 12.1 Å². The van der Waals surface area contributed by atoms with E-state index in [9.17, 15) is 0 Å². The van der Waals surface area contributed by atoms with Crippen LogP contribution in [0.15, 0.2) is 23.3 Å². The number of halogens is 2. The molecule has 0 radical (unpaired) electrons. The molecule has 0 saturated carbocycles. The van der Waals surface area contributed by atoms with Crippen LogP contribution in [0.3, 0.4) is 0 Å². The quantitative estimate of drug-likeness (QED) is 0.524. The summed E-state index contributed by atoms with van der Waals surface area (Å²) in [6.07, 6.45) is 5.24. The molecule has 1 rings (SSSR count). The van der Waals surface area contributed by atoms with Crippen LogP contribution in [0, 0.1) is 0 Å². The molecule has 0 N–H and O–H groups in total. The summed E-state index contributed by atoms with van der Waals surface area (Å²) >= 11 is 11.7. The highest BCUT2D eigenvalue weighted by Gasteiger charge is 2.22. The van der Waals surface area contributed by atoms with Crippen LogP contribution in [-0.4, -0.2) is 25.4 Å². The van der Waals surface area contributed by atoms with Crippen molar-refractivity contribution in [1.82, 2.24) is 0 Å². The monoisotopic (exact) mass is 208 g/mol. The van der Waals surface area contributed by atoms with Crippen LogP contribution in [0.25, 0.3) is 0 Å². The molecule has 4 heteroatoms. The van der Waals surface area contributed by atoms with Crippen molar-refractivity contribution in [2.45, 2.75) is 11.5 Å². The fourth-order valence-electron chi connectivity index (χ4n) is 0.890. The lowest BCUT2D eigenvalue weighted by Gasteiger charge is -2.20. The molecule has 0 aliphatic heterocycles. The van der Waals surface area contributed by atoms with Crippen LogP contribution in [0.4, 0.5) is 0 Å². The molecule has 68 valence electrons. The lowest BCUT2D eigenvalue weighted by Crippen LogP contribution is -2.25. The number of alkyl halides is 1. The molecule has 0 aromatic heterocycles. The van der Waals surface area contributed by atoms with Crippen molar-refractivity contribution in [1.29, 1.82) is 0 Å². The Morgan fingerprint density at radius 1 is 1.58 bits per heavy atom. The second kappa shape index (κ2) is 4.87. The van der Waals surface area contributed by atoms with E-state index in [-0.39, 0.29) is 18.3 Å². The Balaban J connectivity index is 2.46. The predicted octanol–water partition coefficient (Wildman–Crippen LogP) is 2.28. The Morgan fingerprint density at radius 2 is 2.33 bits per heavy atom. The highest BCUT2D eigenvalue weighted by molar-refractivity contribution is 6.37. The number of ether oxygens (including phenoxy) is 2. The van der Waals surface area contributed by atoms with Crippen molar-refractivity contribution in [3.63, 3.8) is 0 Å². The van der Waals surface area contributed by atoms with Gasteiger partial charge in [-0.15, -0.1) is 11.6 Å². The minimum atomic E-state index is -0.299. The topological polar surface area (TPSA) is 18.5 Å². The molecule has 0 bridgehead atoms. The average molecular weight is 209 g/mol. The van der Waals surface area contributed by atoms with Gasteiger partial charge in [-0.1, -0.05) is 23.8 Å². The molecule has 1 aliphatic rings. The summed E-state index contributed by atoms with van der Waals surface area (Å²) in [6.45, 7) is 0.225. The van der Waals surface area contributed by atoms with Gasteiger partial charge in [0.2, 0.25) is 0 Å². The minimum absolute atomic E-state index is 0.191. The first-order valence-electron chi connectivity index (χ1n) is 3.54. The first-order chi connectivity index (χ1) is 5.75. The zero-order valence-electron chi connectivity index (χ0n) is 6.67. The summed E-state index contributed by atoms with van der Waals surface area (Å²) in [6, 6.07) is 0. The summed E-state index contributed by atoms with van der Waals surface area (Å²) in [5, 5.41) is 0.298. The van der Waals surface area contributed by atoms with E-state index < -0.39 is 0 Å². The van der Waals surface area contributed by atoms with Crippen LogP contribution >= 0.6 is 23.2 Å². The van der Waals surface area contributed by atoms with E-state index in [1.54, 1.807) is 13.2 Å². The van der Waals surface area contributed by atoms with Crippen LogP contribution in [0.5, 0.6) is 0 Å². The number of methoxy groups -OCH3 is 1. The Kier molecular flexibility index (Phi) is 4.09. The highest BCUT2D eigenvalue weighted by atomic mass is 35.5. The zero-order chi connectivity index (χ0) is 8.97. The molecule has 0 fully saturated rings. The number of hydrogen-bond acceptors (Lipinski definition) is 2. The van der Waals surface area contributed by atoms with Gasteiger partial charge in [0.1, 0.15) is 12.9 Å². The number of allylic oxidation sites excluding steroid dienone is 2. The fraction of sp³-hybridized carbons (Fsp3) is 0.500. The SMILES string of the molecule is COCOC1C=CC=C(Cl)C1Cl. The normalized spacial score (nSPS) is 28.8. The number of rotatable bonds is 3. The van der Waals surface area contributed by atoms with E-state index in [0.717, 1.165) is 0 Å². The predicted molar refractivity (Wildman–Crippen MR) is 49.5 cm³/mol. The largest absolute Gasteiger partial charge is 0.359 e. The van der Waals surface area contributed by atoms with Crippen LogP contribution in [0.2, 0.25) is 0 Å². The Morgan fingerprint density at radius 3 is 3.00 bits per heavy atom. The standard InChI is InChI=1S/C8H10Cl2O2/c1-11-5-12-7-4-2-3-6(9)8(7)10/h2-4,7-8H,5H2,1H3. The Labute approximate surface area is 81.7 Å². The van der Waals surface area contributed by atoms with E-state index in [1.165, 1.54) is 0 Å². The maximum atomic E-state index is 5.94. The molecule has 2 unspecified atom stereocenters. The third-order valence-electron chi connectivity index (χ3n) is 1.49. The van der Waals surface area contributed by atoms with Crippen LogP contribution < -0.4 is 0 Å². The van der Waals surface area contributed by atoms with Crippen molar-refractivity contribution in [3.05, 3.63) is 23.3 Å². The van der Waals surface area contributed by atoms with E-state index in [0.29, 0.717) is 5.03 Å². The summed E-state index contributed by atoms with van der Waals surface area (Å²) in [5.74, 6) is 0. The van der Waals surface area contributed by atoms with Crippen molar-refractivity contribution in [2.24, 2.45) is 0 Å². The molecule has 0 amide bonds. The Bertz CT molecular complexity index is 201. The molecular weight excluding hydrogens is 199 g/mol. The van der Waals surface area contributed by atoms with Crippen molar-refractivity contribution in [3.8, 4) is 0 Å². The second-order valence-electron chi connectivity index (χ2n) is 2.38. The maximum Gasteiger partial charge on any atom is 0.147 e. The molecular formula is C8H10Cl2O2.